The maximum absolute atomic E-state index is 13.6. The lowest BCUT2D eigenvalue weighted by Gasteiger charge is -2.26. The molecule has 186 valence electrons. The number of nitrogens with zero attached hydrogens (tertiary/aromatic N) is 1. The highest BCUT2D eigenvalue weighted by Crippen LogP contribution is 2.29. The van der Waals surface area contributed by atoms with E-state index >= 15 is 0 Å². The van der Waals surface area contributed by atoms with Crippen LogP contribution in [0.5, 0.6) is 0 Å². The number of anilines is 1. The van der Waals surface area contributed by atoms with E-state index in [-0.39, 0.29) is 9.79 Å². The van der Waals surface area contributed by atoms with Gasteiger partial charge >= 0.3 is 0 Å². The molecule has 0 fully saturated rings. The monoisotopic (exact) mass is 534 g/mol. The molecule has 1 N–H and O–H groups in total. The van der Waals surface area contributed by atoms with E-state index < -0.39 is 38.4 Å². The molecule has 0 aliphatic rings. The van der Waals surface area contributed by atoms with Crippen LogP contribution in [0, 0.1) is 13.8 Å². The fourth-order valence-electron chi connectivity index (χ4n) is 3.49. The summed E-state index contributed by atoms with van der Waals surface area (Å²) in [5.41, 5.74) is 2.53. The average Bonchev–Trinajstić information content (AvgIpc) is 2.79. The van der Waals surface area contributed by atoms with E-state index in [1.807, 2.05) is 6.92 Å². The molecule has 0 bridgehead atoms. The normalized spacial score (nSPS) is 12.7. The summed E-state index contributed by atoms with van der Waals surface area (Å²) in [4.78, 5) is 13.2. The van der Waals surface area contributed by atoms with Crippen molar-refractivity contribution in [3.8, 4) is 0 Å². The number of rotatable bonds is 8. The zero-order chi connectivity index (χ0) is 26.0. The zero-order valence-corrected chi connectivity index (χ0v) is 22.2. The molecule has 0 heterocycles. The Bertz CT molecular complexity index is 1440. The van der Waals surface area contributed by atoms with Crippen molar-refractivity contribution >= 4 is 43.1 Å². The van der Waals surface area contributed by atoms with Gasteiger partial charge in [-0.25, -0.2) is 16.8 Å². The van der Waals surface area contributed by atoms with Crippen LogP contribution >= 0.6 is 11.6 Å². The van der Waals surface area contributed by atoms with Gasteiger partial charge in [0, 0.05) is 11.3 Å². The third kappa shape index (κ3) is 6.42. The first-order valence-electron chi connectivity index (χ1n) is 10.7. The molecule has 35 heavy (non-hydrogen) atoms. The van der Waals surface area contributed by atoms with Crippen LogP contribution < -0.4 is 9.62 Å². The summed E-state index contributed by atoms with van der Waals surface area (Å²) < 4.78 is 51.6. The number of aryl methyl sites for hydroxylation is 2. The fourth-order valence-corrected chi connectivity index (χ4v) is 5.77. The maximum Gasteiger partial charge on any atom is 0.264 e. The van der Waals surface area contributed by atoms with E-state index in [4.69, 9.17) is 11.6 Å². The molecule has 1 amide bonds. The number of carbonyl (C=O) groups excluding carboxylic acids is 1. The zero-order valence-electron chi connectivity index (χ0n) is 19.8. The average molecular weight is 535 g/mol. The molecule has 0 spiro atoms. The van der Waals surface area contributed by atoms with E-state index in [0.29, 0.717) is 21.8 Å². The number of halogens is 1. The highest BCUT2D eigenvalue weighted by Gasteiger charge is 2.29. The highest BCUT2D eigenvalue weighted by molar-refractivity contribution is 7.93. The van der Waals surface area contributed by atoms with Gasteiger partial charge in [0.2, 0.25) is 5.91 Å². The lowest BCUT2D eigenvalue weighted by atomic mass is 10.1. The first-order valence-corrected chi connectivity index (χ1v) is 14.4. The third-order valence-corrected chi connectivity index (χ3v) is 8.66. The van der Waals surface area contributed by atoms with Crippen molar-refractivity contribution in [1.82, 2.24) is 5.32 Å². The number of amides is 1. The molecular weight excluding hydrogens is 508 g/mol. The lowest BCUT2D eigenvalue weighted by molar-refractivity contribution is -0.120. The Balaban J connectivity index is 1.90. The van der Waals surface area contributed by atoms with Crippen molar-refractivity contribution in [2.24, 2.45) is 0 Å². The summed E-state index contributed by atoms with van der Waals surface area (Å²) in [5.74, 6) is -0.528. The molecule has 0 aliphatic heterocycles. The van der Waals surface area contributed by atoms with Crippen molar-refractivity contribution in [1.29, 1.82) is 0 Å². The molecule has 0 radical (unpaired) electrons. The van der Waals surface area contributed by atoms with Gasteiger partial charge in [0.1, 0.15) is 6.54 Å². The summed E-state index contributed by atoms with van der Waals surface area (Å²) >= 11 is 6.16. The minimum Gasteiger partial charge on any atom is -0.348 e. The lowest BCUT2D eigenvalue weighted by Crippen LogP contribution is -2.42. The predicted molar refractivity (Wildman–Crippen MR) is 138 cm³/mol. The first-order chi connectivity index (χ1) is 16.3. The smallest absolute Gasteiger partial charge is 0.264 e. The molecule has 0 aromatic heterocycles. The van der Waals surface area contributed by atoms with Crippen LogP contribution in [0.25, 0.3) is 0 Å². The van der Waals surface area contributed by atoms with Gasteiger partial charge < -0.3 is 5.32 Å². The van der Waals surface area contributed by atoms with Crippen LogP contribution in [0.2, 0.25) is 5.02 Å². The van der Waals surface area contributed by atoms with Crippen molar-refractivity contribution in [2.75, 3.05) is 17.1 Å². The fraction of sp³-hybridized carbons (Fsp3) is 0.240. The van der Waals surface area contributed by atoms with Crippen LogP contribution in [0.3, 0.4) is 0 Å². The highest BCUT2D eigenvalue weighted by atomic mass is 35.5. The molecule has 3 aromatic carbocycles. The van der Waals surface area contributed by atoms with Crippen LogP contribution in [0.1, 0.15) is 29.7 Å². The number of benzene rings is 3. The SMILES string of the molecule is Cc1ccc(S(=O)(=O)N(CC(=O)N[C@@H](C)c2ccc(S(C)(=O)=O)cc2)c2cc(Cl)ccc2C)cc1. The maximum atomic E-state index is 13.6. The van der Waals surface area contributed by atoms with Crippen molar-refractivity contribution in [3.63, 3.8) is 0 Å². The number of sulfone groups is 1. The van der Waals surface area contributed by atoms with E-state index in [1.165, 1.54) is 30.3 Å². The molecule has 3 rings (SSSR count). The predicted octanol–water partition coefficient (Wildman–Crippen LogP) is 4.43. The molecule has 10 heteroatoms. The molecule has 0 saturated heterocycles. The number of sulfonamides is 1. The van der Waals surface area contributed by atoms with Crippen LogP contribution in [-0.2, 0) is 24.7 Å². The number of hydrogen-bond donors (Lipinski definition) is 1. The van der Waals surface area contributed by atoms with Crippen molar-refractivity contribution in [3.05, 3.63) is 88.4 Å². The minimum absolute atomic E-state index is 0.0553. The molecule has 1 atom stereocenters. The summed E-state index contributed by atoms with van der Waals surface area (Å²) in [5, 5.41) is 3.14. The number of hydrogen-bond acceptors (Lipinski definition) is 5. The van der Waals surface area contributed by atoms with Crippen molar-refractivity contribution < 1.29 is 21.6 Å². The van der Waals surface area contributed by atoms with Gasteiger partial charge in [-0.05, 0) is 68.3 Å². The van der Waals surface area contributed by atoms with Crippen LogP contribution in [-0.4, -0.2) is 35.5 Å². The Labute approximate surface area is 211 Å². The minimum atomic E-state index is -4.08. The van der Waals surface area contributed by atoms with Gasteiger partial charge in [0.15, 0.2) is 9.84 Å². The standard InChI is InChI=1S/C25H27ClN2O5S2/c1-17-5-11-23(12-6-17)35(32,33)28(24-15-21(26)10-7-18(24)2)16-25(29)27-19(3)20-8-13-22(14-9-20)34(4,30)31/h5-15,19H,16H2,1-4H3,(H,27,29)/t19-/m0/s1. The molecule has 7 nitrogen and oxygen atoms in total. The molecule has 0 aliphatic carbocycles. The van der Waals surface area contributed by atoms with E-state index in [0.717, 1.165) is 16.1 Å². The quantitative estimate of drug-likeness (QED) is 0.460. The molecule has 0 unspecified atom stereocenters. The Hall–Kier alpha value is -2.88. The van der Waals surface area contributed by atoms with Gasteiger partial charge in [0.25, 0.3) is 10.0 Å². The van der Waals surface area contributed by atoms with E-state index in [1.54, 1.807) is 50.2 Å². The second-order valence-corrected chi connectivity index (χ2v) is 12.7. The van der Waals surface area contributed by atoms with Gasteiger partial charge in [-0.15, -0.1) is 0 Å². The van der Waals surface area contributed by atoms with E-state index in [2.05, 4.69) is 5.32 Å². The summed E-state index contributed by atoms with van der Waals surface area (Å²) in [6.07, 6.45) is 1.12. The molecule has 0 saturated carbocycles. The van der Waals surface area contributed by atoms with E-state index in [9.17, 15) is 21.6 Å². The Morgan fingerprint density at radius 1 is 0.914 bits per heavy atom. The Morgan fingerprint density at radius 3 is 2.06 bits per heavy atom. The molecule has 3 aromatic rings. The van der Waals surface area contributed by atoms with Gasteiger partial charge in [-0.2, -0.15) is 0 Å². The Morgan fingerprint density at radius 2 is 1.49 bits per heavy atom. The second kappa shape index (κ2) is 10.4. The van der Waals surface area contributed by atoms with Gasteiger partial charge in [0.05, 0.1) is 21.5 Å². The summed E-state index contributed by atoms with van der Waals surface area (Å²) in [6.45, 7) is 4.86. The van der Waals surface area contributed by atoms with Crippen molar-refractivity contribution in [2.45, 2.75) is 36.6 Å². The third-order valence-electron chi connectivity index (χ3n) is 5.52. The number of carbonyl (C=O) groups is 1. The largest absolute Gasteiger partial charge is 0.348 e. The molecular formula is C25H27ClN2O5S2. The van der Waals surface area contributed by atoms with Crippen LogP contribution in [0.4, 0.5) is 5.69 Å². The Kier molecular flexibility index (Phi) is 7.93. The second-order valence-electron chi connectivity index (χ2n) is 8.39. The number of nitrogens with one attached hydrogen (secondary N) is 1. The van der Waals surface area contributed by atoms with Gasteiger partial charge in [-0.1, -0.05) is 47.5 Å². The van der Waals surface area contributed by atoms with Crippen LogP contribution in [0.15, 0.2) is 76.5 Å². The van der Waals surface area contributed by atoms with Gasteiger partial charge in [-0.3, -0.25) is 9.10 Å². The first kappa shape index (κ1) is 26.7. The topological polar surface area (TPSA) is 101 Å². The summed E-state index contributed by atoms with van der Waals surface area (Å²) in [7, 11) is -7.42. The summed E-state index contributed by atoms with van der Waals surface area (Å²) in [6, 6.07) is 16.9.